The molecule has 0 spiro atoms. The maximum Gasteiger partial charge on any atom is 0.119 e. The first-order valence-electron chi connectivity index (χ1n) is 8.63. The summed E-state index contributed by atoms with van der Waals surface area (Å²) in [6.45, 7) is 10.5. The van der Waals surface area contributed by atoms with Gasteiger partial charge in [-0.15, -0.1) is 12.4 Å². The van der Waals surface area contributed by atoms with Gasteiger partial charge >= 0.3 is 0 Å². The fraction of sp³-hybridized carbons (Fsp3) is 0.667. The molecule has 0 aromatic heterocycles. The van der Waals surface area contributed by atoms with Crippen LogP contribution in [0.1, 0.15) is 24.5 Å². The predicted octanol–water partition coefficient (Wildman–Crippen LogP) is 2.16. The van der Waals surface area contributed by atoms with Crippen molar-refractivity contribution in [3.8, 4) is 5.75 Å². The fourth-order valence-electron chi connectivity index (χ4n) is 3.75. The largest absolute Gasteiger partial charge is 0.497 e. The van der Waals surface area contributed by atoms with Crippen molar-refractivity contribution < 1.29 is 4.74 Å². The predicted molar refractivity (Wildman–Crippen MR) is 97.7 cm³/mol. The molecule has 3 rings (SSSR count). The number of benzene rings is 1. The smallest absolute Gasteiger partial charge is 0.119 e. The van der Waals surface area contributed by atoms with E-state index in [1.807, 2.05) is 0 Å². The number of nitrogens with one attached hydrogen (secondary N) is 1. The third-order valence-electron chi connectivity index (χ3n) is 5.10. The summed E-state index contributed by atoms with van der Waals surface area (Å²) < 4.78 is 5.35. The summed E-state index contributed by atoms with van der Waals surface area (Å²) >= 11 is 0. The van der Waals surface area contributed by atoms with E-state index in [1.165, 1.54) is 43.7 Å². The molecule has 130 valence electrons. The van der Waals surface area contributed by atoms with Gasteiger partial charge in [-0.2, -0.15) is 0 Å². The van der Waals surface area contributed by atoms with Gasteiger partial charge < -0.3 is 10.1 Å². The third-order valence-corrected chi connectivity index (χ3v) is 5.10. The molecular weight excluding hydrogens is 310 g/mol. The Morgan fingerprint density at radius 1 is 1.17 bits per heavy atom. The minimum Gasteiger partial charge on any atom is -0.497 e. The van der Waals surface area contributed by atoms with Gasteiger partial charge in [0.25, 0.3) is 0 Å². The minimum atomic E-state index is 0. The maximum absolute atomic E-state index is 5.35. The molecule has 2 aliphatic heterocycles. The molecule has 0 bridgehead atoms. The highest BCUT2D eigenvalue weighted by molar-refractivity contribution is 5.85. The van der Waals surface area contributed by atoms with E-state index in [0.717, 1.165) is 37.8 Å². The van der Waals surface area contributed by atoms with Crippen molar-refractivity contribution in [3.05, 3.63) is 29.3 Å². The number of methoxy groups -OCH3 is 1. The summed E-state index contributed by atoms with van der Waals surface area (Å²) in [5.74, 6) is 0.973. The molecule has 1 aromatic rings. The number of hydrogen-bond donors (Lipinski definition) is 1. The van der Waals surface area contributed by atoms with Crippen LogP contribution >= 0.6 is 12.4 Å². The molecule has 1 atom stereocenters. The van der Waals surface area contributed by atoms with Crippen LogP contribution in [0.25, 0.3) is 0 Å². The summed E-state index contributed by atoms with van der Waals surface area (Å²) in [6, 6.07) is 7.29. The molecule has 0 aliphatic carbocycles. The minimum absolute atomic E-state index is 0. The Labute approximate surface area is 146 Å². The van der Waals surface area contributed by atoms with E-state index < -0.39 is 0 Å². The van der Waals surface area contributed by atoms with E-state index in [0.29, 0.717) is 0 Å². The van der Waals surface area contributed by atoms with Crippen molar-refractivity contribution in [2.75, 3.05) is 46.4 Å². The van der Waals surface area contributed by atoms with Gasteiger partial charge in [-0.25, -0.2) is 0 Å². The molecule has 0 radical (unpaired) electrons. The van der Waals surface area contributed by atoms with Gasteiger partial charge in [-0.05, 0) is 36.1 Å². The third kappa shape index (κ3) is 4.60. The highest BCUT2D eigenvalue weighted by atomic mass is 35.5. The molecule has 2 aliphatic rings. The van der Waals surface area contributed by atoms with Crippen molar-refractivity contribution in [3.63, 3.8) is 0 Å². The zero-order chi connectivity index (χ0) is 15.4. The first-order chi connectivity index (χ1) is 10.8. The van der Waals surface area contributed by atoms with Crippen molar-refractivity contribution in [2.24, 2.45) is 0 Å². The summed E-state index contributed by atoms with van der Waals surface area (Å²) in [6.07, 6.45) is 2.39. The van der Waals surface area contributed by atoms with E-state index in [1.54, 1.807) is 7.11 Å². The van der Waals surface area contributed by atoms with E-state index in [9.17, 15) is 0 Å². The van der Waals surface area contributed by atoms with Crippen LogP contribution in [0.5, 0.6) is 5.75 Å². The average Bonchev–Trinajstić information content (AvgIpc) is 3.04. The van der Waals surface area contributed by atoms with Crippen LogP contribution in [0.15, 0.2) is 18.2 Å². The molecule has 1 N–H and O–H groups in total. The van der Waals surface area contributed by atoms with E-state index in [-0.39, 0.29) is 12.4 Å². The van der Waals surface area contributed by atoms with Crippen LogP contribution in [0.4, 0.5) is 0 Å². The topological polar surface area (TPSA) is 27.7 Å². The normalized spacial score (nSPS) is 22.8. The Morgan fingerprint density at radius 3 is 2.65 bits per heavy atom. The zero-order valence-electron chi connectivity index (χ0n) is 14.4. The number of likely N-dealkylation sites (tertiary alicyclic amines) is 1. The Hall–Kier alpha value is -0.810. The van der Waals surface area contributed by atoms with Crippen LogP contribution < -0.4 is 10.1 Å². The van der Waals surface area contributed by atoms with E-state index in [2.05, 4.69) is 40.2 Å². The van der Waals surface area contributed by atoms with E-state index in [4.69, 9.17) is 4.74 Å². The number of piperazine rings is 1. The number of aryl methyl sites for hydroxylation is 1. The van der Waals surface area contributed by atoms with Crippen LogP contribution in [0, 0.1) is 0 Å². The highest BCUT2D eigenvalue weighted by Gasteiger charge is 2.28. The van der Waals surface area contributed by atoms with Gasteiger partial charge in [0, 0.05) is 51.9 Å². The van der Waals surface area contributed by atoms with Gasteiger partial charge in [-0.3, -0.25) is 9.80 Å². The summed E-state index contributed by atoms with van der Waals surface area (Å²) in [4.78, 5) is 5.29. The van der Waals surface area contributed by atoms with Crippen LogP contribution in [0.3, 0.4) is 0 Å². The Morgan fingerprint density at radius 2 is 1.96 bits per heavy atom. The summed E-state index contributed by atoms with van der Waals surface area (Å²) in [5, 5.41) is 3.45. The van der Waals surface area contributed by atoms with Crippen molar-refractivity contribution in [2.45, 2.75) is 32.4 Å². The SMILES string of the molecule is CCc1cc(OC)ccc1CN1CCC(N2CCNCC2)C1.Cl. The Bertz CT molecular complexity index is 491. The molecule has 2 saturated heterocycles. The molecule has 0 saturated carbocycles. The van der Waals surface area contributed by atoms with Gasteiger partial charge in [0.15, 0.2) is 0 Å². The molecule has 1 unspecified atom stereocenters. The number of nitrogens with zero attached hydrogens (tertiary/aromatic N) is 2. The Kier molecular flexibility index (Phi) is 7.15. The lowest BCUT2D eigenvalue weighted by Gasteiger charge is -2.32. The summed E-state index contributed by atoms with van der Waals surface area (Å²) in [7, 11) is 1.74. The molecule has 2 fully saturated rings. The molecule has 5 heteroatoms. The van der Waals surface area contributed by atoms with Crippen LogP contribution in [0.2, 0.25) is 0 Å². The lowest BCUT2D eigenvalue weighted by Crippen LogP contribution is -2.49. The average molecular weight is 340 g/mol. The van der Waals surface area contributed by atoms with Gasteiger partial charge in [0.05, 0.1) is 7.11 Å². The highest BCUT2D eigenvalue weighted by Crippen LogP contribution is 2.23. The number of ether oxygens (including phenoxy) is 1. The second kappa shape index (κ2) is 8.88. The van der Waals surface area contributed by atoms with Gasteiger partial charge in [0.1, 0.15) is 5.75 Å². The molecule has 23 heavy (non-hydrogen) atoms. The fourth-order valence-corrected chi connectivity index (χ4v) is 3.75. The van der Waals surface area contributed by atoms with Crippen LogP contribution in [-0.2, 0) is 13.0 Å². The number of hydrogen-bond acceptors (Lipinski definition) is 4. The number of halogens is 1. The molecule has 0 amide bonds. The molecule has 1 aromatic carbocycles. The Balaban J connectivity index is 0.00000192. The van der Waals surface area contributed by atoms with Crippen LogP contribution in [-0.4, -0.2) is 62.2 Å². The van der Waals surface area contributed by atoms with Crippen molar-refractivity contribution >= 4 is 12.4 Å². The van der Waals surface area contributed by atoms with Crippen molar-refractivity contribution in [1.29, 1.82) is 0 Å². The first kappa shape index (κ1) is 18.5. The van der Waals surface area contributed by atoms with Crippen molar-refractivity contribution in [1.82, 2.24) is 15.1 Å². The molecule has 2 heterocycles. The standard InChI is InChI=1S/C18H29N3O.ClH/c1-3-15-12-18(22-2)5-4-16(15)13-20-9-6-17(14-20)21-10-7-19-8-11-21;/h4-5,12,17,19H,3,6-11,13-14H2,1-2H3;1H. The molecule has 4 nitrogen and oxygen atoms in total. The lowest BCUT2D eigenvalue weighted by molar-refractivity contribution is 0.170. The first-order valence-corrected chi connectivity index (χ1v) is 8.63. The maximum atomic E-state index is 5.35. The monoisotopic (exact) mass is 339 g/mol. The second-order valence-electron chi connectivity index (χ2n) is 6.45. The molecular formula is C18H30ClN3O. The lowest BCUT2D eigenvalue weighted by atomic mass is 10.0. The quantitative estimate of drug-likeness (QED) is 0.889. The summed E-state index contributed by atoms with van der Waals surface area (Å²) in [5.41, 5.74) is 2.88. The second-order valence-corrected chi connectivity index (χ2v) is 6.45. The number of rotatable bonds is 5. The zero-order valence-corrected chi connectivity index (χ0v) is 15.2. The van der Waals surface area contributed by atoms with Gasteiger partial charge in [0.2, 0.25) is 0 Å². The van der Waals surface area contributed by atoms with Gasteiger partial charge in [-0.1, -0.05) is 13.0 Å². The van der Waals surface area contributed by atoms with E-state index >= 15 is 0 Å².